The molecule has 1 aliphatic rings. The normalized spacial score (nSPS) is 16.8. The third kappa shape index (κ3) is 4.57. The molecule has 132 valence electrons. The van der Waals surface area contributed by atoms with Crippen LogP contribution in [0.1, 0.15) is 24.0 Å². The summed E-state index contributed by atoms with van der Waals surface area (Å²) in [5.41, 5.74) is -1.64. The third-order valence-electron chi connectivity index (χ3n) is 3.92. The van der Waals surface area contributed by atoms with Crippen molar-refractivity contribution >= 4 is 11.8 Å². The number of alkyl halides is 3. The lowest BCUT2D eigenvalue weighted by Gasteiger charge is -2.32. The van der Waals surface area contributed by atoms with Gasteiger partial charge in [0.15, 0.2) is 0 Å². The molecular formula is C14H16F3N3O4. The summed E-state index contributed by atoms with van der Waals surface area (Å²) in [4.78, 5) is 22.2. The van der Waals surface area contributed by atoms with Crippen LogP contribution in [0, 0.1) is 10.1 Å². The average molecular weight is 347 g/mol. The molecule has 0 bridgehead atoms. The maximum absolute atomic E-state index is 13.1. The number of hydrogen-bond acceptors (Lipinski definition) is 4. The maximum atomic E-state index is 13.1. The summed E-state index contributed by atoms with van der Waals surface area (Å²) in [6, 6.07) is 2.53. The van der Waals surface area contributed by atoms with Crippen LogP contribution >= 0.6 is 0 Å². The Hall–Kier alpha value is -2.36. The summed E-state index contributed by atoms with van der Waals surface area (Å²) >= 11 is 0. The third-order valence-corrected chi connectivity index (χ3v) is 3.92. The van der Waals surface area contributed by atoms with Crippen molar-refractivity contribution in [3.63, 3.8) is 0 Å². The number of carboxylic acid groups (broad SMARTS) is 1. The van der Waals surface area contributed by atoms with Crippen LogP contribution in [0.15, 0.2) is 18.2 Å². The minimum atomic E-state index is -4.68. The Morgan fingerprint density at radius 3 is 2.50 bits per heavy atom. The molecule has 0 saturated carbocycles. The molecule has 24 heavy (non-hydrogen) atoms. The van der Waals surface area contributed by atoms with Gasteiger partial charge in [-0.2, -0.15) is 13.2 Å². The number of carbonyl (C=O) groups is 1. The van der Waals surface area contributed by atoms with Crippen molar-refractivity contribution in [2.45, 2.75) is 31.6 Å². The predicted molar refractivity (Wildman–Crippen MR) is 77.6 cm³/mol. The highest BCUT2D eigenvalue weighted by molar-refractivity contribution is 5.64. The highest BCUT2D eigenvalue weighted by atomic mass is 19.4. The van der Waals surface area contributed by atoms with Crippen LogP contribution in [-0.2, 0) is 12.7 Å². The van der Waals surface area contributed by atoms with Gasteiger partial charge in [0.25, 0.3) is 5.69 Å². The van der Waals surface area contributed by atoms with Gasteiger partial charge in [0.1, 0.15) is 0 Å². The number of nitrogens with one attached hydrogen (secondary N) is 1. The number of likely N-dealkylation sites (tertiary alicyclic amines) is 1. The van der Waals surface area contributed by atoms with E-state index in [-0.39, 0.29) is 18.2 Å². The molecule has 0 radical (unpaired) electrons. The Bertz CT molecular complexity index is 628. The quantitative estimate of drug-likeness (QED) is 0.645. The van der Waals surface area contributed by atoms with Gasteiger partial charge in [0, 0.05) is 37.8 Å². The molecule has 1 saturated heterocycles. The highest BCUT2D eigenvalue weighted by Crippen LogP contribution is 2.35. The molecule has 1 heterocycles. The number of hydrogen-bond donors (Lipinski definition) is 2. The Labute approximate surface area is 135 Å². The monoisotopic (exact) mass is 347 g/mol. The summed E-state index contributed by atoms with van der Waals surface area (Å²) in [7, 11) is 0. The van der Waals surface area contributed by atoms with Gasteiger partial charge in [-0.25, -0.2) is 4.79 Å². The molecule has 0 spiro atoms. The van der Waals surface area contributed by atoms with Crippen LogP contribution in [0.5, 0.6) is 0 Å². The molecule has 1 aromatic carbocycles. The first kappa shape index (κ1) is 18.0. The molecule has 0 atom stereocenters. The van der Waals surface area contributed by atoms with Gasteiger partial charge in [-0.05, 0) is 18.4 Å². The summed E-state index contributed by atoms with van der Waals surface area (Å²) in [5, 5.41) is 21.7. The zero-order chi connectivity index (χ0) is 17.9. The Morgan fingerprint density at radius 1 is 1.38 bits per heavy atom. The van der Waals surface area contributed by atoms with E-state index in [0.29, 0.717) is 32.0 Å². The molecule has 2 N–H and O–H groups in total. The summed E-state index contributed by atoms with van der Waals surface area (Å²) in [6.07, 6.45) is -4.80. The number of nitrogens with zero attached hydrogens (tertiary/aromatic N) is 2. The van der Waals surface area contributed by atoms with Gasteiger partial charge in [-0.15, -0.1) is 0 Å². The smallest absolute Gasteiger partial charge is 0.416 e. The number of nitro benzene ring substituents is 1. The van der Waals surface area contributed by atoms with Crippen LogP contribution < -0.4 is 5.32 Å². The molecule has 1 aliphatic heterocycles. The van der Waals surface area contributed by atoms with E-state index in [1.165, 1.54) is 0 Å². The van der Waals surface area contributed by atoms with Crippen LogP contribution in [0.3, 0.4) is 0 Å². The number of amides is 1. The zero-order valence-electron chi connectivity index (χ0n) is 12.5. The van der Waals surface area contributed by atoms with Crippen molar-refractivity contribution in [2.75, 3.05) is 13.1 Å². The SMILES string of the molecule is O=C(O)NC1CCN(Cc2ccc([N+](=O)[O-])cc2C(F)(F)F)CC1. The molecule has 0 aliphatic carbocycles. The van der Waals surface area contributed by atoms with E-state index in [9.17, 15) is 28.1 Å². The zero-order valence-corrected chi connectivity index (χ0v) is 12.5. The van der Waals surface area contributed by atoms with Gasteiger partial charge in [0.2, 0.25) is 0 Å². The molecule has 1 fully saturated rings. The lowest BCUT2D eigenvalue weighted by atomic mass is 10.0. The summed E-state index contributed by atoms with van der Waals surface area (Å²) < 4.78 is 39.4. The van der Waals surface area contributed by atoms with Crippen molar-refractivity contribution in [1.82, 2.24) is 10.2 Å². The van der Waals surface area contributed by atoms with Gasteiger partial charge >= 0.3 is 12.3 Å². The van der Waals surface area contributed by atoms with Gasteiger partial charge < -0.3 is 10.4 Å². The molecule has 1 aromatic rings. The number of halogens is 3. The fraction of sp³-hybridized carbons (Fsp3) is 0.500. The van der Waals surface area contributed by atoms with E-state index >= 15 is 0 Å². The van der Waals surface area contributed by atoms with Crippen LogP contribution in [-0.4, -0.2) is 40.2 Å². The molecule has 2 rings (SSSR count). The standard InChI is InChI=1S/C14H16F3N3O4/c15-14(16,17)12-7-11(20(23)24)2-1-9(12)8-19-5-3-10(4-6-19)18-13(21)22/h1-2,7,10,18H,3-6,8H2,(H,21,22). The van der Waals surface area contributed by atoms with Gasteiger partial charge in [0.05, 0.1) is 10.5 Å². The van der Waals surface area contributed by atoms with E-state index in [0.717, 1.165) is 12.1 Å². The number of rotatable bonds is 4. The van der Waals surface area contributed by atoms with Crippen LogP contribution in [0.4, 0.5) is 23.7 Å². The van der Waals surface area contributed by atoms with E-state index in [1.54, 1.807) is 4.90 Å². The number of non-ortho nitro benzene ring substituents is 1. The van der Waals surface area contributed by atoms with Gasteiger partial charge in [-0.3, -0.25) is 15.0 Å². The van der Waals surface area contributed by atoms with E-state index < -0.39 is 28.4 Å². The highest BCUT2D eigenvalue weighted by Gasteiger charge is 2.35. The Balaban J connectivity index is 2.10. The predicted octanol–water partition coefficient (Wildman–Crippen LogP) is 2.85. The summed E-state index contributed by atoms with van der Waals surface area (Å²) in [6.45, 7) is 0.894. The minimum absolute atomic E-state index is 0.00658. The molecule has 0 aromatic heterocycles. The average Bonchev–Trinajstić information content (AvgIpc) is 2.48. The van der Waals surface area contributed by atoms with Crippen molar-refractivity contribution < 1.29 is 28.0 Å². The molecule has 0 unspecified atom stereocenters. The molecule has 7 nitrogen and oxygen atoms in total. The molecule has 10 heteroatoms. The van der Waals surface area contributed by atoms with Crippen molar-refractivity contribution in [2.24, 2.45) is 0 Å². The summed E-state index contributed by atoms with van der Waals surface area (Å²) in [5.74, 6) is 0. The fourth-order valence-electron chi connectivity index (χ4n) is 2.73. The van der Waals surface area contributed by atoms with Crippen molar-refractivity contribution in [1.29, 1.82) is 0 Å². The largest absolute Gasteiger partial charge is 0.465 e. The Kier molecular flexibility index (Phi) is 5.27. The first-order chi connectivity index (χ1) is 11.2. The first-order valence-corrected chi connectivity index (χ1v) is 7.23. The van der Waals surface area contributed by atoms with E-state index in [1.807, 2.05) is 0 Å². The Morgan fingerprint density at radius 2 is 2.00 bits per heavy atom. The van der Waals surface area contributed by atoms with E-state index in [2.05, 4.69) is 5.32 Å². The maximum Gasteiger partial charge on any atom is 0.416 e. The van der Waals surface area contributed by atoms with Crippen molar-refractivity contribution in [3.05, 3.63) is 39.4 Å². The molecule has 1 amide bonds. The first-order valence-electron chi connectivity index (χ1n) is 7.23. The van der Waals surface area contributed by atoms with E-state index in [4.69, 9.17) is 5.11 Å². The van der Waals surface area contributed by atoms with Gasteiger partial charge in [-0.1, -0.05) is 6.07 Å². The number of benzene rings is 1. The fourth-order valence-corrected chi connectivity index (χ4v) is 2.73. The number of piperidine rings is 1. The number of nitro groups is 1. The topological polar surface area (TPSA) is 95.7 Å². The van der Waals surface area contributed by atoms with Crippen molar-refractivity contribution in [3.8, 4) is 0 Å². The second-order valence-corrected chi connectivity index (χ2v) is 5.60. The second-order valence-electron chi connectivity index (χ2n) is 5.60. The lowest BCUT2D eigenvalue weighted by Crippen LogP contribution is -2.44. The minimum Gasteiger partial charge on any atom is -0.465 e. The molecular weight excluding hydrogens is 331 g/mol. The van der Waals surface area contributed by atoms with Crippen LogP contribution in [0.2, 0.25) is 0 Å². The van der Waals surface area contributed by atoms with Crippen LogP contribution in [0.25, 0.3) is 0 Å². The second kappa shape index (κ2) is 7.04. The lowest BCUT2D eigenvalue weighted by molar-refractivity contribution is -0.385.